The highest BCUT2D eigenvalue weighted by Gasteiger charge is 2.50. The molecular weight excluding hydrogens is 192 g/mol. The second kappa shape index (κ2) is 3.76. The molecule has 0 aromatic carbocycles. The molecule has 0 N–H and O–H groups in total. The van der Waals surface area contributed by atoms with Crippen molar-refractivity contribution in [2.24, 2.45) is 5.41 Å². The van der Waals surface area contributed by atoms with Crippen LogP contribution in [0.25, 0.3) is 0 Å². The van der Waals surface area contributed by atoms with Crippen LogP contribution in [0.2, 0.25) is 0 Å². The van der Waals surface area contributed by atoms with E-state index in [0.29, 0.717) is 18.0 Å². The van der Waals surface area contributed by atoms with E-state index in [-0.39, 0.29) is 5.91 Å². The summed E-state index contributed by atoms with van der Waals surface area (Å²) in [6.07, 6.45) is 0. The van der Waals surface area contributed by atoms with Crippen LogP contribution in [0, 0.1) is 5.41 Å². The number of likely N-dealkylation sites (tertiary alicyclic amines) is 1. The summed E-state index contributed by atoms with van der Waals surface area (Å²) < 4.78 is 5.18. The van der Waals surface area contributed by atoms with Crippen molar-refractivity contribution >= 4 is 5.91 Å². The highest BCUT2D eigenvalue weighted by molar-refractivity contribution is 5.79. The molecule has 1 amide bonds. The molecule has 4 heteroatoms. The van der Waals surface area contributed by atoms with Gasteiger partial charge >= 0.3 is 0 Å². The summed E-state index contributed by atoms with van der Waals surface area (Å²) in [5.74, 6) is 0.253. The summed E-state index contributed by atoms with van der Waals surface area (Å²) in [4.78, 5) is 15.8. The van der Waals surface area contributed by atoms with Gasteiger partial charge in [-0.25, -0.2) is 0 Å². The molecule has 2 aliphatic rings. The molecule has 0 saturated carbocycles. The van der Waals surface area contributed by atoms with Gasteiger partial charge in [0.25, 0.3) is 0 Å². The molecule has 0 bridgehead atoms. The fourth-order valence-electron chi connectivity index (χ4n) is 2.01. The van der Waals surface area contributed by atoms with Crippen LogP contribution in [-0.2, 0) is 9.53 Å². The van der Waals surface area contributed by atoms with Crippen LogP contribution in [0.3, 0.4) is 0 Å². The van der Waals surface area contributed by atoms with Gasteiger partial charge in [0, 0.05) is 19.1 Å². The number of carbonyl (C=O) groups excluding carboxylic acids is 1. The Kier molecular flexibility index (Phi) is 2.73. The number of rotatable bonds is 3. The Morgan fingerprint density at radius 1 is 1.47 bits per heavy atom. The van der Waals surface area contributed by atoms with Crippen molar-refractivity contribution in [3.63, 3.8) is 0 Å². The predicted molar refractivity (Wildman–Crippen MR) is 57.6 cm³/mol. The van der Waals surface area contributed by atoms with Gasteiger partial charge < -0.3 is 9.64 Å². The Bertz CT molecular complexity index is 253. The minimum absolute atomic E-state index is 0.253. The lowest BCUT2D eigenvalue weighted by atomic mass is 9.78. The monoisotopic (exact) mass is 212 g/mol. The van der Waals surface area contributed by atoms with E-state index in [1.54, 1.807) is 0 Å². The van der Waals surface area contributed by atoms with Crippen LogP contribution in [0.1, 0.15) is 13.8 Å². The molecule has 86 valence electrons. The zero-order valence-corrected chi connectivity index (χ0v) is 9.82. The van der Waals surface area contributed by atoms with Gasteiger partial charge in [0.05, 0.1) is 25.2 Å². The number of carbonyl (C=O) groups is 1. The largest absolute Gasteiger partial charge is 0.380 e. The first-order chi connectivity index (χ1) is 7.02. The third kappa shape index (κ3) is 2.01. The summed E-state index contributed by atoms with van der Waals surface area (Å²) in [5, 5.41) is 0. The van der Waals surface area contributed by atoms with E-state index in [9.17, 15) is 4.79 Å². The lowest BCUT2D eigenvalue weighted by molar-refractivity contribution is -0.195. The van der Waals surface area contributed by atoms with Crippen molar-refractivity contribution < 1.29 is 9.53 Å². The van der Waals surface area contributed by atoms with Gasteiger partial charge in [0.15, 0.2) is 0 Å². The number of amides is 1. The smallest absolute Gasteiger partial charge is 0.236 e. The molecule has 2 saturated heterocycles. The zero-order valence-electron chi connectivity index (χ0n) is 9.82. The van der Waals surface area contributed by atoms with Gasteiger partial charge in [0.1, 0.15) is 0 Å². The fourth-order valence-corrected chi connectivity index (χ4v) is 2.01. The molecule has 0 unspecified atom stereocenters. The first-order valence-electron chi connectivity index (χ1n) is 5.58. The summed E-state index contributed by atoms with van der Waals surface area (Å²) in [6.45, 7) is 8.23. The first kappa shape index (κ1) is 10.9. The molecule has 4 nitrogen and oxygen atoms in total. The summed E-state index contributed by atoms with van der Waals surface area (Å²) >= 11 is 0. The highest BCUT2D eigenvalue weighted by atomic mass is 16.5. The topological polar surface area (TPSA) is 32.8 Å². The third-order valence-electron chi connectivity index (χ3n) is 3.49. The van der Waals surface area contributed by atoms with Crippen molar-refractivity contribution in [3.05, 3.63) is 0 Å². The van der Waals surface area contributed by atoms with Gasteiger partial charge in [-0.2, -0.15) is 0 Å². The maximum absolute atomic E-state index is 11.8. The molecule has 2 rings (SSSR count). The van der Waals surface area contributed by atoms with E-state index in [1.165, 1.54) is 0 Å². The molecule has 0 radical (unpaired) electrons. The molecule has 0 aromatic heterocycles. The van der Waals surface area contributed by atoms with Crippen molar-refractivity contribution in [1.29, 1.82) is 0 Å². The molecule has 1 spiro atoms. The highest BCUT2D eigenvalue weighted by Crippen LogP contribution is 2.37. The minimum Gasteiger partial charge on any atom is -0.380 e. The average Bonchev–Trinajstić information content (AvgIpc) is 1.98. The molecule has 0 aromatic rings. The number of hydrogen-bond acceptors (Lipinski definition) is 3. The van der Waals surface area contributed by atoms with Crippen molar-refractivity contribution in [2.45, 2.75) is 19.9 Å². The first-order valence-corrected chi connectivity index (χ1v) is 5.58. The molecule has 0 aliphatic carbocycles. The Balaban J connectivity index is 1.74. The fraction of sp³-hybridized carbons (Fsp3) is 0.909. The Morgan fingerprint density at radius 3 is 2.47 bits per heavy atom. The van der Waals surface area contributed by atoms with Crippen molar-refractivity contribution in [3.8, 4) is 0 Å². The quantitative estimate of drug-likeness (QED) is 0.669. The maximum atomic E-state index is 11.8. The SMILES string of the molecule is CC(C)N(C)CC(=O)N1CC2(COC2)C1. The molecule has 2 fully saturated rings. The second-order valence-electron chi connectivity index (χ2n) is 5.25. The number of likely N-dealkylation sites (N-methyl/N-ethyl adjacent to an activating group) is 1. The number of hydrogen-bond donors (Lipinski definition) is 0. The zero-order chi connectivity index (χ0) is 11.1. The van der Waals surface area contributed by atoms with Crippen LogP contribution in [0.5, 0.6) is 0 Å². The standard InChI is InChI=1S/C11H20N2O2/c1-9(2)12(3)4-10(14)13-5-11(6-13)7-15-8-11/h9H,4-8H2,1-3H3. The predicted octanol–water partition coefficient (Wildman–Crippen LogP) is 0.185. The van der Waals surface area contributed by atoms with Gasteiger partial charge in [-0.15, -0.1) is 0 Å². The van der Waals surface area contributed by atoms with Gasteiger partial charge in [-0.05, 0) is 20.9 Å². The van der Waals surface area contributed by atoms with Crippen LogP contribution < -0.4 is 0 Å². The lowest BCUT2D eigenvalue weighted by Gasteiger charge is -2.55. The van der Waals surface area contributed by atoms with Gasteiger partial charge in [-0.1, -0.05) is 0 Å². The molecule has 2 aliphatic heterocycles. The van der Waals surface area contributed by atoms with Crippen molar-refractivity contribution in [1.82, 2.24) is 9.80 Å². The molecule has 15 heavy (non-hydrogen) atoms. The van der Waals surface area contributed by atoms with Crippen LogP contribution >= 0.6 is 0 Å². The summed E-state index contributed by atoms with van der Waals surface area (Å²) in [6, 6.07) is 0.427. The van der Waals surface area contributed by atoms with E-state index in [0.717, 1.165) is 26.3 Å². The number of ether oxygens (including phenoxy) is 1. The van der Waals surface area contributed by atoms with Gasteiger partial charge in [0.2, 0.25) is 5.91 Å². The second-order valence-corrected chi connectivity index (χ2v) is 5.25. The Labute approximate surface area is 91.2 Å². The molecule has 0 atom stereocenters. The van der Waals surface area contributed by atoms with E-state index in [2.05, 4.69) is 18.7 Å². The van der Waals surface area contributed by atoms with E-state index < -0.39 is 0 Å². The Morgan fingerprint density at radius 2 is 2.07 bits per heavy atom. The Hall–Kier alpha value is -0.610. The van der Waals surface area contributed by atoms with E-state index in [4.69, 9.17) is 4.74 Å². The van der Waals surface area contributed by atoms with Crippen LogP contribution in [0.4, 0.5) is 0 Å². The number of nitrogens with zero attached hydrogens (tertiary/aromatic N) is 2. The van der Waals surface area contributed by atoms with Crippen LogP contribution in [-0.4, -0.2) is 61.6 Å². The minimum atomic E-state index is 0.253. The molecule has 2 heterocycles. The maximum Gasteiger partial charge on any atom is 0.236 e. The average molecular weight is 212 g/mol. The van der Waals surface area contributed by atoms with Gasteiger partial charge in [-0.3, -0.25) is 9.69 Å². The molecular formula is C11H20N2O2. The van der Waals surface area contributed by atoms with E-state index >= 15 is 0 Å². The lowest BCUT2D eigenvalue weighted by Crippen LogP contribution is -2.68. The third-order valence-corrected chi connectivity index (χ3v) is 3.49. The van der Waals surface area contributed by atoms with E-state index in [1.807, 2.05) is 11.9 Å². The summed E-state index contributed by atoms with van der Waals surface area (Å²) in [7, 11) is 1.99. The van der Waals surface area contributed by atoms with Crippen molar-refractivity contribution in [2.75, 3.05) is 39.9 Å². The normalized spacial score (nSPS) is 23.1. The van der Waals surface area contributed by atoms with Crippen LogP contribution in [0.15, 0.2) is 0 Å². The summed E-state index contributed by atoms with van der Waals surface area (Å²) in [5.41, 5.74) is 0.339.